The number of aromatic nitrogens is 2. The molecule has 4 rings (SSSR count). The van der Waals surface area contributed by atoms with Gasteiger partial charge in [-0.2, -0.15) is 0 Å². The van der Waals surface area contributed by atoms with Crippen LogP contribution in [0.1, 0.15) is 30.2 Å². The third kappa shape index (κ3) is 3.98. The van der Waals surface area contributed by atoms with Gasteiger partial charge in [-0.3, -0.25) is 4.79 Å². The van der Waals surface area contributed by atoms with E-state index in [0.717, 1.165) is 47.4 Å². The fourth-order valence-corrected chi connectivity index (χ4v) is 4.80. The molecule has 1 aromatic carbocycles. The monoisotopic (exact) mass is 414 g/mol. The second-order valence-electron chi connectivity index (χ2n) is 7.08. The second-order valence-corrected chi connectivity index (χ2v) is 8.60. The van der Waals surface area contributed by atoms with Crippen LogP contribution in [0.3, 0.4) is 0 Å². The van der Waals surface area contributed by atoms with Crippen LogP contribution in [-0.2, 0) is 17.8 Å². The minimum absolute atomic E-state index is 0.0504. The second kappa shape index (κ2) is 8.45. The zero-order valence-electron chi connectivity index (χ0n) is 15.8. The summed E-state index contributed by atoms with van der Waals surface area (Å²) in [5.74, 6) is 0.976. The van der Waals surface area contributed by atoms with Crippen LogP contribution in [0.5, 0.6) is 0 Å². The summed E-state index contributed by atoms with van der Waals surface area (Å²) in [7, 11) is 0. The average Bonchev–Trinajstić information content (AvgIpc) is 3.16. The number of carbonyl (C=O) groups excluding carboxylic acids is 1. The molecule has 3 aromatic rings. The quantitative estimate of drug-likeness (QED) is 0.670. The molecule has 146 valence electrons. The highest BCUT2D eigenvalue weighted by Gasteiger charge is 2.27. The number of thiophene rings is 1. The highest BCUT2D eigenvalue weighted by Crippen LogP contribution is 2.32. The molecule has 0 aliphatic carbocycles. The van der Waals surface area contributed by atoms with Gasteiger partial charge in [-0.15, -0.1) is 11.3 Å². The van der Waals surface area contributed by atoms with Gasteiger partial charge in [0.2, 0.25) is 5.91 Å². The number of carbonyl (C=O) groups is 1. The number of aryl methyl sites for hydroxylation is 1. The van der Waals surface area contributed by atoms with Gasteiger partial charge < -0.3 is 10.2 Å². The van der Waals surface area contributed by atoms with Crippen molar-refractivity contribution in [3.63, 3.8) is 0 Å². The lowest BCUT2D eigenvalue weighted by atomic mass is 9.97. The number of hydrogen-bond acceptors (Lipinski definition) is 5. The van der Waals surface area contributed by atoms with Gasteiger partial charge in [0.25, 0.3) is 0 Å². The average molecular weight is 415 g/mol. The maximum absolute atomic E-state index is 12.8. The summed E-state index contributed by atoms with van der Waals surface area (Å²) in [6.07, 6.45) is 4.49. The number of halogens is 1. The van der Waals surface area contributed by atoms with E-state index in [1.165, 1.54) is 4.88 Å². The van der Waals surface area contributed by atoms with Gasteiger partial charge in [0.15, 0.2) is 0 Å². The molecule has 0 radical (unpaired) electrons. The van der Waals surface area contributed by atoms with Gasteiger partial charge in [-0.1, -0.05) is 36.7 Å². The summed E-state index contributed by atoms with van der Waals surface area (Å²) in [6, 6.07) is 9.80. The van der Waals surface area contributed by atoms with Crippen LogP contribution < -0.4 is 10.2 Å². The van der Waals surface area contributed by atoms with Gasteiger partial charge in [0.1, 0.15) is 17.0 Å². The van der Waals surface area contributed by atoms with E-state index in [1.807, 2.05) is 24.3 Å². The molecule has 0 spiro atoms. The normalized spacial score (nSPS) is 17.1. The summed E-state index contributed by atoms with van der Waals surface area (Å²) in [4.78, 5) is 26.3. The van der Waals surface area contributed by atoms with Crippen molar-refractivity contribution in [3.05, 3.63) is 52.1 Å². The van der Waals surface area contributed by atoms with Gasteiger partial charge in [0, 0.05) is 29.5 Å². The van der Waals surface area contributed by atoms with Crippen molar-refractivity contribution < 1.29 is 4.79 Å². The maximum Gasteiger partial charge on any atom is 0.225 e. The van der Waals surface area contributed by atoms with Gasteiger partial charge in [-0.05, 0) is 37.0 Å². The third-order valence-electron chi connectivity index (χ3n) is 5.21. The van der Waals surface area contributed by atoms with Crippen LogP contribution in [0.25, 0.3) is 10.2 Å². The number of nitrogens with zero attached hydrogens (tertiary/aromatic N) is 3. The fraction of sp³-hybridized carbons (Fsp3) is 0.381. The number of benzene rings is 1. The third-order valence-corrected chi connectivity index (χ3v) is 6.77. The molecule has 5 nitrogen and oxygen atoms in total. The number of rotatable bonds is 5. The number of fused-ring (bicyclic) bond motifs is 1. The van der Waals surface area contributed by atoms with E-state index < -0.39 is 0 Å². The zero-order valence-corrected chi connectivity index (χ0v) is 17.4. The number of piperidine rings is 1. The summed E-state index contributed by atoms with van der Waals surface area (Å²) in [5.41, 5.74) is 0.938. The van der Waals surface area contributed by atoms with E-state index in [1.54, 1.807) is 17.7 Å². The van der Waals surface area contributed by atoms with Crippen molar-refractivity contribution in [2.75, 3.05) is 18.0 Å². The van der Waals surface area contributed by atoms with Crippen LogP contribution in [0.15, 0.2) is 36.7 Å². The molecule has 1 N–H and O–H groups in total. The van der Waals surface area contributed by atoms with Crippen molar-refractivity contribution in [2.45, 2.75) is 32.7 Å². The summed E-state index contributed by atoms with van der Waals surface area (Å²) >= 11 is 7.91. The molecule has 7 heteroatoms. The van der Waals surface area contributed by atoms with Crippen molar-refractivity contribution >= 4 is 44.9 Å². The van der Waals surface area contributed by atoms with Crippen LogP contribution in [0, 0.1) is 5.92 Å². The molecule has 0 bridgehead atoms. The first-order valence-corrected chi connectivity index (χ1v) is 10.8. The van der Waals surface area contributed by atoms with Crippen molar-refractivity contribution in [1.29, 1.82) is 0 Å². The van der Waals surface area contributed by atoms with Crippen molar-refractivity contribution in [2.24, 2.45) is 5.92 Å². The van der Waals surface area contributed by atoms with E-state index in [4.69, 9.17) is 11.6 Å². The first-order valence-electron chi connectivity index (χ1n) is 9.65. The number of anilines is 1. The topological polar surface area (TPSA) is 58.1 Å². The Labute approximate surface area is 173 Å². The first-order chi connectivity index (χ1) is 13.7. The minimum Gasteiger partial charge on any atom is -0.355 e. The zero-order chi connectivity index (χ0) is 19.5. The van der Waals surface area contributed by atoms with Crippen molar-refractivity contribution in [1.82, 2.24) is 15.3 Å². The molecule has 1 saturated heterocycles. The summed E-state index contributed by atoms with van der Waals surface area (Å²) in [5, 5.41) is 4.83. The molecular formula is C21H23ClN4OS. The Hall–Kier alpha value is -2.18. The lowest BCUT2D eigenvalue weighted by molar-refractivity contribution is -0.125. The van der Waals surface area contributed by atoms with E-state index in [-0.39, 0.29) is 11.8 Å². The highest BCUT2D eigenvalue weighted by atomic mass is 35.5. The van der Waals surface area contributed by atoms with E-state index in [9.17, 15) is 4.79 Å². The Bertz CT molecular complexity index is 989. The predicted molar refractivity (Wildman–Crippen MR) is 115 cm³/mol. The number of nitrogens with one attached hydrogen (secondary N) is 1. The Morgan fingerprint density at radius 3 is 3.04 bits per heavy atom. The Morgan fingerprint density at radius 2 is 2.21 bits per heavy atom. The van der Waals surface area contributed by atoms with Crippen LogP contribution in [-0.4, -0.2) is 29.0 Å². The molecule has 0 unspecified atom stereocenters. The molecule has 1 aliphatic rings. The Morgan fingerprint density at radius 1 is 1.36 bits per heavy atom. The van der Waals surface area contributed by atoms with E-state index in [2.05, 4.69) is 33.2 Å². The highest BCUT2D eigenvalue weighted by molar-refractivity contribution is 7.18. The molecule has 3 heterocycles. The number of amides is 1. The molecule has 1 aliphatic heterocycles. The fourth-order valence-electron chi connectivity index (χ4n) is 3.67. The Kier molecular flexibility index (Phi) is 5.78. The summed E-state index contributed by atoms with van der Waals surface area (Å²) < 4.78 is 0. The van der Waals surface area contributed by atoms with Gasteiger partial charge in [0.05, 0.1) is 11.3 Å². The first kappa shape index (κ1) is 19.2. The van der Waals surface area contributed by atoms with Crippen LogP contribution >= 0.6 is 22.9 Å². The van der Waals surface area contributed by atoms with Crippen molar-refractivity contribution in [3.8, 4) is 0 Å². The lowest BCUT2D eigenvalue weighted by Gasteiger charge is -2.33. The minimum atomic E-state index is -0.0504. The standard InChI is InChI=1S/C21H23ClN4OS/c1-2-16-10-17-19(24-13-25-21(17)28-16)26-9-5-7-15(12-26)20(27)23-11-14-6-3-4-8-18(14)22/h3-4,6,8,10,13,15H,2,5,7,9,11-12H2,1H3,(H,23,27)/t15-/m1/s1. The van der Waals surface area contributed by atoms with Crippen LogP contribution in [0.2, 0.25) is 5.02 Å². The Balaban J connectivity index is 1.46. The molecule has 2 aromatic heterocycles. The van der Waals surface area contributed by atoms with Gasteiger partial charge >= 0.3 is 0 Å². The molecule has 28 heavy (non-hydrogen) atoms. The van der Waals surface area contributed by atoms with E-state index >= 15 is 0 Å². The molecule has 1 atom stereocenters. The van der Waals surface area contributed by atoms with E-state index in [0.29, 0.717) is 18.1 Å². The smallest absolute Gasteiger partial charge is 0.225 e. The molecule has 1 fully saturated rings. The summed E-state index contributed by atoms with van der Waals surface area (Å²) in [6.45, 7) is 4.20. The largest absolute Gasteiger partial charge is 0.355 e. The molecule has 1 amide bonds. The maximum atomic E-state index is 12.8. The number of hydrogen-bond donors (Lipinski definition) is 1. The lowest BCUT2D eigenvalue weighted by Crippen LogP contribution is -2.43. The van der Waals surface area contributed by atoms with Crippen LogP contribution in [0.4, 0.5) is 5.82 Å². The SMILES string of the molecule is CCc1cc2c(N3CCC[C@@H](C(=O)NCc4ccccc4Cl)C3)ncnc2s1. The predicted octanol–water partition coefficient (Wildman–Crippen LogP) is 4.44. The molecular weight excluding hydrogens is 392 g/mol. The van der Waals surface area contributed by atoms with Gasteiger partial charge in [-0.25, -0.2) is 9.97 Å². The molecule has 0 saturated carbocycles.